The van der Waals surface area contributed by atoms with Crippen LogP contribution in [0.3, 0.4) is 0 Å². The van der Waals surface area contributed by atoms with Gasteiger partial charge in [0.2, 0.25) is 0 Å². The van der Waals surface area contributed by atoms with Gasteiger partial charge in [-0.25, -0.2) is 0 Å². The smallest absolute Gasteiger partial charge is 0.0726 e. The lowest BCUT2D eigenvalue weighted by atomic mass is 9.70. The zero-order chi connectivity index (χ0) is 40.1. The van der Waals surface area contributed by atoms with Gasteiger partial charge in [0.1, 0.15) is 0 Å². The lowest BCUT2D eigenvalue weighted by Gasteiger charge is -2.32. The maximum absolute atomic E-state index is 2.52. The minimum Gasteiger partial charge on any atom is -0.309 e. The number of hydrogen-bond donors (Lipinski definition) is 0. The van der Waals surface area contributed by atoms with Crippen molar-refractivity contribution in [1.29, 1.82) is 0 Å². The Kier molecular flexibility index (Phi) is 7.46. The molecule has 1 heterocycles. The third kappa shape index (κ3) is 4.94. The molecule has 1 nitrogen and oxygen atoms in total. The zero-order valence-electron chi connectivity index (χ0n) is 33.2. The molecular weight excluding hydrogens is 755 g/mol. The molecule has 0 fully saturated rings. The van der Waals surface area contributed by atoms with Crippen molar-refractivity contribution in [2.24, 2.45) is 0 Å². The average molecular weight is 792 g/mol. The predicted octanol–water partition coefficient (Wildman–Crippen LogP) is 16.4. The first-order valence-corrected chi connectivity index (χ1v) is 21.9. The van der Waals surface area contributed by atoms with Crippen LogP contribution < -0.4 is 4.90 Å². The highest BCUT2D eigenvalue weighted by molar-refractivity contribution is 7.26. The molecule has 0 atom stereocenters. The van der Waals surface area contributed by atoms with E-state index in [2.05, 4.69) is 229 Å². The van der Waals surface area contributed by atoms with Gasteiger partial charge in [-0.15, -0.1) is 11.3 Å². The molecule has 11 aromatic rings. The summed E-state index contributed by atoms with van der Waals surface area (Å²) in [7, 11) is 0. The number of hydrogen-bond acceptors (Lipinski definition) is 2. The molecule has 1 spiro atoms. The van der Waals surface area contributed by atoms with Crippen LogP contribution in [0.5, 0.6) is 0 Å². The summed E-state index contributed by atoms with van der Waals surface area (Å²) in [5.41, 5.74) is 18.4. The predicted molar refractivity (Wildman–Crippen MR) is 259 cm³/mol. The molecule has 0 bridgehead atoms. The topological polar surface area (TPSA) is 3.24 Å². The summed E-state index contributed by atoms with van der Waals surface area (Å²) in [5.74, 6) is 0. The van der Waals surface area contributed by atoms with Crippen LogP contribution in [-0.4, -0.2) is 0 Å². The molecule has 13 rings (SSSR count). The van der Waals surface area contributed by atoms with E-state index in [9.17, 15) is 0 Å². The monoisotopic (exact) mass is 791 g/mol. The molecule has 61 heavy (non-hydrogen) atoms. The Balaban J connectivity index is 1.08. The summed E-state index contributed by atoms with van der Waals surface area (Å²) in [5, 5.41) is 5.18. The molecule has 2 heteroatoms. The highest BCUT2D eigenvalue weighted by atomic mass is 32.1. The molecule has 0 unspecified atom stereocenters. The second-order valence-corrected chi connectivity index (χ2v) is 17.4. The van der Waals surface area contributed by atoms with Crippen molar-refractivity contribution < 1.29 is 0 Å². The molecule has 10 aromatic carbocycles. The van der Waals surface area contributed by atoms with Crippen LogP contribution in [0.15, 0.2) is 224 Å². The van der Waals surface area contributed by atoms with Crippen LogP contribution in [0.4, 0.5) is 17.1 Å². The van der Waals surface area contributed by atoms with E-state index in [1.807, 2.05) is 11.3 Å². The van der Waals surface area contributed by atoms with Crippen molar-refractivity contribution in [2.75, 3.05) is 4.90 Å². The van der Waals surface area contributed by atoms with E-state index in [0.29, 0.717) is 0 Å². The van der Waals surface area contributed by atoms with Gasteiger partial charge in [-0.3, -0.25) is 0 Å². The van der Waals surface area contributed by atoms with Crippen molar-refractivity contribution in [1.82, 2.24) is 0 Å². The van der Waals surface area contributed by atoms with Gasteiger partial charge in [-0.2, -0.15) is 0 Å². The fourth-order valence-corrected chi connectivity index (χ4v) is 11.9. The molecule has 0 saturated heterocycles. The fraction of sp³-hybridized carbons (Fsp3) is 0.0169. The van der Waals surface area contributed by atoms with Crippen LogP contribution in [0.25, 0.3) is 75.5 Å². The molecule has 0 amide bonds. The first kappa shape index (κ1) is 34.4. The Morgan fingerprint density at radius 1 is 0.344 bits per heavy atom. The number of rotatable bonds is 5. The lowest BCUT2D eigenvalue weighted by molar-refractivity contribution is 0.793. The van der Waals surface area contributed by atoms with E-state index >= 15 is 0 Å². The molecule has 1 aromatic heterocycles. The Morgan fingerprint density at radius 2 is 0.885 bits per heavy atom. The molecule has 0 radical (unpaired) electrons. The van der Waals surface area contributed by atoms with E-state index < -0.39 is 5.41 Å². The van der Waals surface area contributed by atoms with Crippen molar-refractivity contribution in [3.8, 4) is 44.5 Å². The SMILES string of the molecule is c1ccc(-c2cccc(-c3cccc(N(c4ccc5c(c4)C4(c6ccccc6-c6ccccc64)c4ccccc4-5)c4cccc5c4sc4ccc6ccccc6c45)c3)c2)cc1. The molecule has 0 saturated carbocycles. The fourth-order valence-electron chi connectivity index (χ4n) is 10.7. The third-order valence-corrected chi connectivity index (χ3v) is 14.4. The number of nitrogens with zero attached hydrogens (tertiary/aromatic N) is 1. The first-order chi connectivity index (χ1) is 30.3. The van der Waals surface area contributed by atoms with E-state index in [-0.39, 0.29) is 0 Å². The van der Waals surface area contributed by atoms with Crippen molar-refractivity contribution in [3.63, 3.8) is 0 Å². The number of anilines is 3. The summed E-state index contributed by atoms with van der Waals surface area (Å²) in [6.45, 7) is 0. The Bertz CT molecular complexity index is 3490. The van der Waals surface area contributed by atoms with Crippen LogP contribution in [0.1, 0.15) is 22.3 Å². The highest BCUT2D eigenvalue weighted by Gasteiger charge is 2.51. The van der Waals surface area contributed by atoms with Gasteiger partial charge in [-0.1, -0.05) is 182 Å². The average Bonchev–Trinajstić information content (AvgIpc) is 3.97. The maximum Gasteiger partial charge on any atom is 0.0726 e. The minimum atomic E-state index is -0.441. The molecular formula is C59H37NS. The first-order valence-electron chi connectivity index (χ1n) is 21.1. The zero-order valence-corrected chi connectivity index (χ0v) is 34.0. The van der Waals surface area contributed by atoms with Crippen molar-refractivity contribution in [3.05, 3.63) is 247 Å². The summed E-state index contributed by atoms with van der Waals surface area (Å²) >= 11 is 1.89. The normalized spacial score (nSPS) is 13.0. The summed E-state index contributed by atoms with van der Waals surface area (Å²) in [6, 6.07) is 83.5. The van der Waals surface area contributed by atoms with Crippen LogP contribution in [0.2, 0.25) is 0 Å². The largest absolute Gasteiger partial charge is 0.309 e. The van der Waals surface area contributed by atoms with Crippen LogP contribution >= 0.6 is 11.3 Å². The van der Waals surface area contributed by atoms with Crippen LogP contribution in [0, 0.1) is 0 Å². The van der Waals surface area contributed by atoms with Gasteiger partial charge in [0.25, 0.3) is 0 Å². The number of thiophene rings is 1. The van der Waals surface area contributed by atoms with Crippen molar-refractivity contribution >= 4 is 59.3 Å². The van der Waals surface area contributed by atoms with Crippen molar-refractivity contribution in [2.45, 2.75) is 5.41 Å². The standard InChI is InChI=1S/C59H37NS/c1-2-15-38(16-3-1)40-18-12-19-41(35-40)42-20-13-21-43(36-42)60(55-30-14-26-50-57-45-22-5-4-17-39(45)31-34-56(57)61-58(50)55)44-32-33-49-48-25-8-11-29-53(48)59(54(49)37-44)51-27-9-6-23-46(51)47-24-7-10-28-52(47)59/h1-37H. The Hall–Kier alpha value is -7.52. The van der Waals surface area contributed by atoms with E-state index in [1.165, 1.54) is 103 Å². The van der Waals surface area contributed by atoms with Gasteiger partial charge in [0.05, 0.1) is 15.8 Å². The van der Waals surface area contributed by atoms with Gasteiger partial charge in [-0.05, 0) is 120 Å². The number of benzene rings is 10. The Labute approximate surface area is 359 Å². The van der Waals surface area contributed by atoms with E-state index in [4.69, 9.17) is 0 Å². The third-order valence-electron chi connectivity index (χ3n) is 13.3. The molecule has 0 aliphatic heterocycles. The molecule has 284 valence electrons. The molecule has 2 aliphatic rings. The molecule has 2 aliphatic carbocycles. The second kappa shape index (κ2) is 13.2. The van der Waals surface area contributed by atoms with E-state index in [0.717, 1.165) is 11.4 Å². The van der Waals surface area contributed by atoms with E-state index in [1.54, 1.807) is 0 Å². The van der Waals surface area contributed by atoms with Gasteiger partial charge in [0, 0.05) is 26.8 Å². The minimum absolute atomic E-state index is 0.441. The quantitative estimate of drug-likeness (QED) is 0.168. The molecule has 0 N–H and O–H groups in total. The Morgan fingerprint density at radius 3 is 1.62 bits per heavy atom. The highest BCUT2D eigenvalue weighted by Crippen LogP contribution is 2.63. The summed E-state index contributed by atoms with van der Waals surface area (Å²) in [4.78, 5) is 2.52. The van der Waals surface area contributed by atoms with Gasteiger partial charge >= 0.3 is 0 Å². The summed E-state index contributed by atoms with van der Waals surface area (Å²) < 4.78 is 2.58. The maximum atomic E-state index is 2.52. The van der Waals surface area contributed by atoms with Crippen LogP contribution in [-0.2, 0) is 5.41 Å². The van der Waals surface area contributed by atoms with Gasteiger partial charge in [0.15, 0.2) is 0 Å². The summed E-state index contributed by atoms with van der Waals surface area (Å²) in [6.07, 6.45) is 0. The lowest BCUT2D eigenvalue weighted by Crippen LogP contribution is -2.26. The number of fused-ring (bicyclic) bond motifs is 15. The second-order valence-electron chi connectivity index (χ2n) is 16.4. The van der Waals surface area contributed by atoms with Gasteiger partial charge < -0.3 is 4.90 Å².